The average molecular weight is 502 g/mol. The highest BCUT2D eigenvalue weighted by Crippen LogP contribution is 2.38. The predicted octanol–water partition coefficient (Wildman–Crippen LogP) is 1.56. The van der Waals surface area contributed by atoms with Crippen molar-refractivity contribution in [1.29, 1.82) is 0 Å². The number of anilines is 1. The largest absolute Gasteiger partial charge is 0.482 e. The van der Waals surface area contributed by atoms with Crippen LogP contribution in [0.15, 0.2) is 61.0 Å². The molecule has 0 aliphatic carbocycles. The zero-order valence-corrected chi connectivity index (χ0v) is 20.5. The van der Waals surface area contributed by atoms with Crippen LogP contribution in [-0.4, -0.2) is 78.2 Å². The van der Waals surface area contributed by atoms with E-state index in [1.54, 1.807) is 23.1 Å². The number of fused-ring (bicyclic) bond motifs is 2. The summed E-state index contributed by atoms with van der Waals surface area (Å²) in [5.41, 5.74) is 3.28. The number of amides is 4. The molecule has 10 nitrogen and oxygen atoms in total. The SMILES string of the molecule is C=C(NC(=O)C(=C)N1Cc2c(cccc2-c2ccc3c(c2)OCC(=O)N3)C1=O)C(=O)N1CCN(C)CC1. The molecule has 3 heterocycles. The third kappa shape index (κ3) is 4.58. The van der Waals surface area contributed by atoms with Gasteiger partial charge in [-0.3, -0.25) is 24.1 Å². The smallest absolute Gasteiger partial charge is 0.271 e. The molecule has 2 aromatic carbocycles. The first-order valence-electron chi connectivity index (χ1n) is 11.9. The van der Waals surface area contributed by atoms with E-state index in [-0.39, 0.29) is 42.3 Å². The molecule has 0 unspecified atom stereocenters. The standard InChI is InChI=1S/C27H27N5O5/c1-16(26(35)31-11-9-30(3)10-12-31)28-25(34)17(2)32-14-21-19(5-4-6-20(21)27(32)36)18-7-8-22-23(13-18)37-15-24(33)29-22/h4-8,13H,1-2,9-12,14-15H2,3H3,(H,28,34)(H,29,33). The summed E-state index contributed by atoms with van der Waals surface area (Å²) in [6.45, 7) is 10.2. The van der Waals surface area contributed by atoms with Crippen LogP contribution in [-0.2, 0) is 20.9 Å². The Kier molecular flexibility index (Phi) is 6.26. The highest BCUT2D eigenvalue weighted by Gasteiger charge is 2.34. The Morgan fingerprint density at radius 2 is 1.76 bits per heavy atom. The number of benzene rings is 2. The molecule has 0 aromatic heterocycles. The van der Waals surface area contributed by atoms with Gasteiger partial charge in [-0.25, -0.2) is 0 Å². The van der Waals surface area contributed by atoms with Gasteiger partial charge in [-0.15, -0.1) is 0 Å². The quantitative estimate of drug-likeness (QED) is 0.602. The minimum Gasteiger partial charge on any atom is -0.482 e. The van der Waals surface area contributed by atoms with E-state index < -0.39 is 5.91 Å². The summed E-state index contributed by atoms with van der Waals surface area (Å²) in [5.74, 6) is -1.03. The molecule has 0 spiro atoms. The van der Waals surface area contributed by atoms with Crippen molar-refractivity contribution in [3.8, 4) is 16.9 Å². The Morgan fingerprint density at radius 3 is 2.51 bits per heavy atom. The molecule has 2 N–H and O–H groups in total. The van der Waals surface area contributed by atoms with Crippen molar-refractivity contribution in [3.63, 3.8) is 0 Å². The van der Waals surface area contributed by atoms with Gasteiger partial charge in [0, 0.05) is 31.7 Å². The second-order valence-corrected chi connectivity index (χ2v) is 9.25. The van der Waals surface area contributed by atoms with Gasteiger partial charge in [-0.05, 0) is 41.9 Å². The van der Waals surface area contributed by atoms with Crippen molar-refractivity contribution in [2.45, 2.75) is 6.54 Å². The zero-order chi connectivity index (χ0) is 26.3. The molecular weight excluding hydrogens is 474 g/mol. The maximum absolute atomic E-state index is 13.2. The molecule has 2 aromatic rings. The van der Waals surface area contributed by atoms with E-state index in [9.17, 15) is 19.2 Å². The molecule has 4 amide bonds. The maximum Gasteiger partial charge on any atom is 0.271 e. The summed E-state index contributed by atoms with van der Waals surface area (Å²) in [6, 6.07) is 10.8. The summed E-state index contributed by atoms with van der Waals surface area (Å²) in [4.78, 5) is 55.5. The fourth-order valence-electron chi connectivity index (χ4n) is 4.65. The number of ether oxygens (including phenoxy) is 1. The normalized spacial score (nSPS) is 16.9. The summed E-state index contributed by atoms with van der Waals surface area (Å²) in [7, 11) is 1.98. The fraction of sp³-hybridized carbons (Fsp3) is 0.259. The van der Waals surface area contributed by atoms with E-state index in [2.05, 4.69) is 28.7 Å². The van der Waals surface area contributed by atoms with Gasteiger partial charge in [0.1, 0.15) is 11.4 Å². The van der Waals surface area contributed by atoms with Crippen LogP contribution in [0.3, 0.4) is 0 Å². The number of likely N-dealkylation sites (N-methyl/N-ethyl adjacent to an activating group) is 1. The first kappa shape index (κ1) is 24.3. The van der Waals surface area contributed by atoms with E-state index >= 15 is 0 Å². The van der Waals surface area contributed by atoms with Gasteiger partial charge in [-0.2, -0.15) is 0 Å². The third-order valence-corrected chi connectivity index (χ3v) is 6.79. The van der Waals surface area contributed by atoms with Crippen LogP contribution in [0.5, 0.6) is 5.75 Å². The minimum absolute atomic E-state index is 0.0540. The molecule has 1 fully saturated rings. The molecule has 0 bridgehead atoms. The Labute approximate surface area is 214 Å². The molecule has 190 valence electrons. The Bertz CT molecular complexity index is 1360. The van der Waals surface area contributed by atoms with Crippen molar-refractivity contribution in [2.24, 2.45) is 0 Å². The number of carbonyl (C=O) groups excluding carboxylic acids is 4. The van der Waals surface area contributed by atoms with Crippen LogP contribution < -0.4 is 15.4 Å². The van der Waals surface area contributed by atoms with Gasteiger partial charge < -0.3 is 25.2 Å². The minimum atomic E-state index is -0.659. The lowest BCUT2D eigenvalue weighted by atomic mass is 9.96. The summed E-state index contributed by atoms with van der Waals surface area (Å²) >= 11 is 0. The van der Waals surface area contributed by atoms with E-state index in [1.165, 1.54) is 4.90 Å². The fourth-order valence-corrected chi connectivity index (χ4v) is 4.65. The van der Waals surface area contributed by atoms with Crippen LogP contribution in [0.2, 0.25) is 0 Å². The number of nitrogens with one attached hydrogen (secondary N) is 2. The zero-order valence-electron chi connectivity index (χ0n) is 20.5. The molecule has 37 heavy (non-hydrogen) atoms. The van der Waals surface area contributed by atoms with Crippen LogP contribution in [0.4, 0.5) is 5.69 Å². The topological polar surface area (TPSA) is 111 Å². The maximum atomic E-state index is 13.2. The lowest BCUT2D eigenvalue weighted by Crippen LogP contribution is -2.49. The molecular formula is C27H27N5O5. The molecule has 5 rings (SSSR count). The second kappa shape index (κ2) is 9.55. The molecule has 1 saturated heterocycles. The lowest BCUT2D eigenvalue weighted by Gasteiger charge is -2.32. The molecule has 0 atom stereocenters. The van der Waals surface area contributed by atoms with Crippen molar-refractivity contribution in [1.82, 2.24) is 20.0 Å². The first-order chi connectivity index (χ1) is 17.7. The van der Waals surface area contributed by atoms with Gasteiger partial charge in [0.25, 0.3) is 23.6 Å². The van der Waals surface area contributed by atoms with E-state index in [0.717, 1.165) is 29.8 Å². The highest BCUT2D eigenvalue weighted by atomic mass is 16.5. The highest BCUT2D eigenvalue weighted by molar-refractivity contribution is 6.08. The van der Waals surface area contributed by atoms with E-state index in [1.807, 2.05) is 25.2 Å². The van der Waals surface area contributed by atoms with Gasteiger partial charge in [0.05, 0.1) is 17.9 Å². The van der Waals surface area contributed by atoms with Gasteiger partial charge in [0.2, 0.25) is 0 Å². The molecule has 3 aliphatic heterocycles. The van der Waals surface area contributed by atoms with Gasteiger partial charge in [0.15, 0.2) is 6.61 Å². The number of hydrogen-bond acceptors (Lipinski definition) is 6. The number of piperazine rings is 1. The predicted molar refractivity (Wildman–Crippen MR) is 136 cm³/mol. The molecule has 3 aliphatic rings. The monoisotopic (exact) mass is 501 g/mol. The van der Waals surface area contributed by atoms with Crippen molar-refractivity contribution in [2.75, 3.05) is 45.2 Å². The van der Waals surface area contributed by atoms with Crippen molar-refractivity contribution < 1.29 is 23.9 Å². The van der Waals surface area contributed by atoms with Crippen molar-refractivity contribution in [3.05, 3.63) is 72.1 Å². The van der Waals surface area contributed by atoms with E-state index in [4.69, 9.17) is 4.74 Å². The van der Waals surface area contributed by atoms with Crippen LogP contribution in [0.25, 0.3) is 11.1 Å². The van der Waals surface area contributed by atoms with Crippen molar-refractivity contribution >= 4 is 29.3 Å². The Morgan fingerprint density at radius 1 is 1.03 bits per heavy atom. The summed E-state index contributed by atoms with van der Waals surface area (Å²) in [6.07, 6.45) is 0. The second-order valence-electron chi connectivity index (χ2n) is 9.25. The van der Waals surface area contributed by atoms with Gasteiger partial charge >= 0.3 is 0 Å². The Balaban J connectivity index is 1.30. The number of nitrogens with zero attached hydrogens (tertiary/aromatic N) is 3. The molecule has 10 heteroatoms. The molecule has 0 saturated carbocycles. The Hall–Kier alpha value is -4.44. The lowest BCUT2D eigenvalue weighted by molar-refractivity contribution is -0.130. The van der Waals surface area contributed by atoms with Crippen LogP contribution in [0.1, 0.15) is 15.9 Å². The third-order valence-electron chi connectivity index (χ3n) is 6.79. The first-order valence-corrected chi connectivity index (χ1v) is 11.9. The number of carbonyl (C=O) groups is 4. The van der Waals surface area contributed by atoms with Crippen LogP contribution in [0, 0.1) is 0 Å². The number of hydrogen-bond donors (Lipinski definition) is 2. The van der Waals surface area contributed by atoms with Gasteiger partial charge in [-0.1, -0.05) is 31.4 Å². The summed E-state index contributed by atoms with van der Waals surface area (Å²) < 4.78 is 5.54. The average Bonchev–Trinajstić information content (AvgIpc) is 3.24. The van der Waals surface area contributed by atoms with E-state index in [0.29, 0.717) is 30.1 Å². The summed E-state index contributed by atoms with van der Waals surface area (Å²) in [5, 5.41) is 5.27. The molecule has 0 radical (unpaired) electrons. The number of rotatable bonds is 5. The van der Waals surface area contributed by atoms with Crippen LogP contribution >= 0.6 is 0 Å².